The van der Waals surface area contributed by atoms with Crippen molar-refractivity contribution in [3.63, 3.8) is 0 Å². The molecule has 0 unspecified atom stereocenters. The van der Waals surface area contributed by atoms with E-state index in [9.17, 15) is 14.4 Å². The Labute approximate surface area is 378 Å². The Balaban J connectivity index is 0.000000166. The number of rotatable bonds is 10. The van der Waals surface area contributed by atoms with Crippen LogP contribution < -0.4 is 41.6 Å². The van der Waals surface area contributed by atoms with Crippen molar-refractivity contribution >= 4 is 67.7 Å². The van der Waals surface area contributed by atoms with Crippen molar-refractivity contribution in [2.75, 3.05) is 85.5 Å². The zero-order chi connectivity index (χ0) is 45.4. The molecule has 2 aliphatic heterocycles. The van der Waals surface area contributed by atoms with E-state index in [1.165, 1.54) is 13.3 Å². The van der Waals surface area contributed by atoms with Gasteiger partial charge in [-0.25, -0.2) is 24.9 Å². The summed E-state index contributed by atoms with van der Waals surface area (Å²) in [6, 6.07) is 27.0. The maximum atomic E-state index is 12.6. The fraction of sp³-hybridized carbons (Fsp3) is 0.208. The Bertz CT molecular complexity index is 3100. The number of amides is 1. The monoisotopic (exact) mass is 886 g/mol. The highest BCUT2D eigenvalue weighted by Crippen LogP contribution is 2.32. The number of nitrogens with zero attached hydrogens (tertiary/aromatic N) is 7. The number of aromatic amines is 2. The van der Waals surface area contributed by atoms with Crippen molar-refractivity contribution in [2.45, 2.75) is 6.92 Å². The van der Waals surface area contributed by atoms with Crippen LogP contribution >= 0.6 is 0 Å². The Morgan fingerprint density at radius 1 is 0.667 bits per heavy atom. The van der Waals surface area contributed by atoms with Crippen molar-refractivity contribution < 1.29 is 19.0 Å². The van der Waals surface area contributed by atoms with Gasteiger partial charge in [-0.3, -0.25) is 14.4 Å². The van der Waals surface area contributed by atoms with Crippen molar-refractivity contribution in [3.8, 4) is 28.4 Å². The highest BCUT2D eigenvalue weighted by molar-refractivity contribution is 5.96. The summed E-state index contributed by atoms with van der Waals surface area (Å²) in [7, 11) is 1.55. The van der Waals surface area contributed by atoms with Crippen LogP contribution in [0, 0.1) is 0 Å². The third-order valence-electron chi connectivity index (χ3n) is 11.0. The maximum Gasteiger partial charge on any atom is 0.259 e. The van der Waals surface area contributed by atoms with E-state index in [-0.39, 0.29) is 17.0 Å². The summed E-state index contributed by atoms with van der Waals surface area (Å²) in [6.07, 6.45) is 7.95. The van der Waals surface area contributed by atoms with Gasteiger partial charge in [0.25, 0.3) is 11.1 Å². The number of benzene rings is 2. The summed E-state index contributed by atoms with van der Waals surface area (Å²) < 4.78 is 16.2. The zero-order valence-corrected chi connectivity index (χ0v) is 36.2. The molecule has 10 rings (SSSR count). The molecule has 1 amide bonds. The summed E-state index contributed by atoms with van der Waals surface area (Å²) in [6.45, 7) is 7.84. The number of aromatic nitrogens is 7. The normalized spacial score (nSPS) is 13.7. The number of ether oxygens (including phenoxy) is 3. The molecule has 8 aromatic rings. The minimum Gasteiger partial charge on any atom is -0.480 e. The molecular weight excluding hydrogens is 841 g/mol. The van der Waals surface area contributed by atoms with Crippen LogP contribution in [0.3, 0.4) is 0 Å². The van der Waals surface area contributed by atoms with E-state index < -0.39 is 0 Å². The molecule has 0 atom stereocenters. The van der Waals surface area contributed by atoms with Gasteiger partial charge < -0.3 is 49.9 Å². The first kappa shape index (κ1) is 43.1. The van der Waals surface area contributed by atoms with Crippen molar-refractivity contribution in [3.05, 3.63) is 137 Å². The van der Waals surface area contributed by atoms with Gasteiger partial charge in [0.1, 0.15) is 23.8 Å². The van der Waals surface area contributed by atoms with E-state index in [1.807, 2.05) is 54.6 Å². The molecule has 66 heavy (non-hydrogen) atoms. The maximum absolute atomic E-state index is 12.6. The molecule has 0 saturated carbocycles. The summed E-state index contributed by atoms with van der Waals surface area (Å²) in [5.74, 6) is 1.60. The lowest BCUT2D eigenvalue weighted by Gasteiger charge is -2.28. The SMILES string of the molecule is CC(=O)Nc1ccc(-c2cc3cc[nH]c(=O)c3c(Nc3ccc(N4CCOCC4)cc3)n2)cn1.COc1ncncc1-c1cc2cc[nH]c(=O)c2c(Nc2ccc(N3CCOCC3)cc2)n1. The molecule has 18 heteroatoms. The number of fused-ring (bicyclic) bond motifs is 2. The smallest absolute Gasteiger partial charge is 0.259 e. The average Bonchev–Trinajstić information content (AvgIpc) is 3.35. The van der Waals surface area contributed by atoms with Gasteiger partial charge in [0, 0.05) is 86.2 Å². The molecule has 18 nitrogen and oxygen atoms in total. The molecule has 2 saturated heterocycles. The number of hydrogen-bond acceptors (Lipinski definition) is 15. The van der Waals surface area contributed by atoms with Gasteiger partial charge in [-0.2, -0.15) is 0 Å². The first-order valence-corrected chi connectivity index (χ1v) is 21.3. The van der Waals surface area contributed by atoms with Gasteiger partial charge in [0.2, 0.25) is 11.8 Å². The van der Waals surface area contributed by atoms with E-state index >= 15 is 0 Å². The number of methoxy groups -OCH3 is 1. The van der Waals surface area contributed by atoms with Crippen LogP contribution in [0.1, 0.15) is 6.92 Å². The molecule has 6 aromatic heterocycles. The van der Waals surface area contributed by atoms with Crippen LogP contribution in [0.25, 0.3) is 44.1 Å². The third-order valence-corrected chi connectivity index (χ3v) is 11.0. The number of anilines is 7. The van der Waals surface area contributed by atoms with Crippen LogP contribution in [0.15, 0.2) is 126 Å². The van der Waals surface area contributed by atoms with E-state index in [0.717, 1.165) is 91.7 Å². The van der Waals surface area contributed by atoms with Crippen LogP contribution in [-0.4, -0.2) is 101 Å². The predicted molar refractivity (Wildman–Crippen MR) is 255 cm³/mol. The van der Waals surface area contributed by atoms with Crippen LogP contribution in [0.4, 0.5) is 40.2 Å². The molecule has 0 radical (unpaired) electrons. The van der Waals surface area contributed by atoms with Gasteiger partial charge >= 0.3 is 0 Å². The predicted octanol–water partition coefficient (Wildman–Crippen LogP) is 6.49. The Hall–Kier alpha value is -8.22. The number of pyridine rings is 5. The van der Waals surface area contributed by atoms with Gasteiger partial charge in [0.15, 0.2) is 0 Å². The summed E-state index contributed by atoms with van der Waals surface area (Å²) in [4.78, 5) is 68.6. The molecule has 2 fully saturated rings. The lowest BCUT2D eigenvalue weighted by atomic mass is 10.1. The summed E-state index contributed by atoms with van der Waals surface area (Å²) >= 11 is 0. The number of hydrogen-bond donors (Lipinski definition) is 5. The lowest BCUT2D eigenvalue weighted by molar-refractivity contribution is -0.114. The number of morpholine rings is 2. The van der Waals surface area contributed by atoms with Crippen molar-refractivity contribution in [1.29, 1.82) is 0 Å². The Morgan fingerprint density at radius 3 is 1.70 bits per heavy atom. The second kappa shape index (κ2) is 19.7. The zero-order valence-electron chi connectivity index (χ0n) is 36.2. The van der Waals surface area contributed by atoms with Gasteiger partial charge in [-0.05, 0) is 95.7 Å². The number of carbonyl (C=O) groups is 1. The molecule has 5 N–H and O–H groups in total. The first-order valence-electron chi connectivity index (χ1n) is 21.3. The molecule has 2 aromatic carbocycles. The Morgan fingerprint density at radius 2 is 1.20 bits per heavy atom. The minimum atomic E-state index is -0.219. The summed E-state index contributed by atoms with van der Waals surface area (Å²) in [5, 5.41) is 11.7. The molecule has 0 aliphatic carbocycles. The fourth-order valence-corrected chi connectivity index (χ4v) is 7.78. The Kier molecular flexibility index (Phi) is 12.8. The van der Waals surface area contributed by atoms with E-state index in [0.29, 0.717) is 51.1 Å². The highest BCUT2D eigenvalue weighted by Gasteiger charge is 2.17. The van der Waals surface area contributed by atoms with E-state index in [1.54, 1.807) is 38.0 Å². The number of H-pyrrole nitrogens is 2. The molecular formula is C48H46N12O6. The van der Waals surface area contributed by atoms with Crippen molar-refractivity contribution in [2.24, 2.45) is 0 Å². The fourth-order valence-electron chi connectivity index (χ4n) is 7.78. The van der Waals surface area contributed by atoms with Crippen molar-refractivity contribution in [1.82, 2.24) is 34.9 Å². The topological polar surface area (TPSA) is 218 Å². The molecule has 0 spiro atoms. The summed E-state index contributed by atoms with van der Waals surface area (Å²) in [5.41, 5.74) is 6.15. The number of carbonyl (C=O) groups excluding carboxylic acids is 1. The minimum absolute atomic E-state index is 0.186. The quantitative estimate of drug-likeness (QED) is 0.0992. The molecule has 0 bridgehead atoms. The molecule has 8 heterocycles. The second-order valence-corrected chi connectivity index (χ2v) is 15.4. The number of nitrogens with one attached hydrogen (secondary N) is 5. The standard InChI is InChI=1S/C25H24N6O3.C23H22N6O3/c1-16(32)28-22-7-2-18(15-27-22)21-14-17-8-9-26-25(33)23(17)24(30-21)29-19-3-5-20(6-4-19)31-10-12-34-13-11-31;1-31-23-18(13-24-14-26-23)19-12-15-6-7-25-22(30)20(15)21(28-19)27-16-2-4-17(5-3-16)29-8-10-32-11-9-29/h2-9,14-15H,10-13H2,1H3,(H,26,33)(H,29,30)(H,27,28,32);2-7,12-14H,8-11H2,1H3,(H,25,30)(H,27,28). The van der Waals surface area contributed by atoms with Gasteiger partial charge in [0.05, 0.1) is 61.3 Å². The van der Waals surface area contributed by atoms with Gasteiger partial charge in [-0.15, -0.1) is 0 Å². The molecule has 2 aliphatic rings. The highest BCUT2D eigenvalue weighted by atomic mass is 16.5. The van der Waals surface area contributed by atoms with E-state index in [2.05, 4.69) is 74.9 Å². The van der Waals surface area contributed by atoms with Crippen LogP contribution in [-0.2, 0) is 14.3 Å². The molecule has 334 valence electrons. The largest absolute Gasteiger partial charge is 0.480 e. The van der Waals surface area contributed by atoms with Gasteiger partial charge in [-0.1, -0.05) is 0 Å². The van der Waals surface area contributed by atoms with Crippen LogP contribution in [0.2, 0.25) is 0 Å². The van der Waals surface area contributed by atoms with Crippen LogP contribution in [0.5, 0.6) is 5.88 Å². The average molecular weight is 887 g/mol. The van der Waals surface area contributed by atoms with E-state index in [4.69, 9.17) is 24.2 Å². The lowest BCUT2D eigenvalue weighted by Crippen LogP contribution is -2.36. The first-order chi connectivity index (χ1) is 32.3. The second-order valence-electron chi connectivity index (χ2n) is 15.4. The third kappa shape index (κ3) is 9.79.